The van der Waals surface area contributed by atoms with Crippen LogP contribution in [0.15, 0.2) is 12.1 Å². The monoisotopic (exact) mass is 250 g/mol. The van der Waals surface area contributed by atoms with E-state index in [2.05, 4.69) is 5.32 Å². The maximum atomic E-state index is 11.8. The van der Waals surface area contributed by atoms with Gasteiger partial charge in [0.15, 0.2) is 0 Å². The minimum atomic E-state index is -0.633. The molecular formula is C13H15ClN2O. The zero-order chi connectivity index (χ0) is 13.0. The number of nitriles is 1. The van der Waals surface area contributed by atoms with Crippen LogP contribution in [-0.2, 0) is 4.79 Å². The van der Waals surface area contributed by atoms with E-state index in [4.69, 9.17) is 16.9 Å². The van der Waals surface area contributed by atoms with Gasteiger partial charge in [0.1, 0.15) is 5.92 Å². The molecule has 0 heterocycles. The molecule has 90 valence electrons. The van der Waals surface area contributed by atoms with E-state index < -0.39 is 5.92 Å². The van der Waals surface area contributed by atoms with Gasteiger partial charge < -0.3 is 5.32 Å². The first-order chi connectivity index (χ1) is 7.99. The Balaban J connectivity index is 2.97. The van der Waals surface area contributed by atoms with Crippen molar-refractivity contribution in [2.24, 2.45) is 5.92 Å². The molecule has 0 fully saturated rings. The minimum Gasteiger partial charge on any atom is -0.323 e. The van der Waals surface area contributed by atoms with Crippen molar-refractivity contribution in [1.82, 2.24) is 0 Å². The van der Waals surface area contributed by atoms with Crippen molar-refractivity contribution in [2.75, 3.05) is 5.32 Å². The third kappa shape index (κ3) is 3.21. The Morgan fingerprint density at radius 3 is 2.65 bits per heavy atom. The average Bonchev–Trinajstić information content (AvgIpc) is 2.25. The van der Waals surface area contributed by atoms with E-state index in [1.807, 2.05) is 26.0 Å². The summed E-state index contributed by atoms with van der Waals surface area (Å²) in [5, 5.41) is 12.0. The van der Waals surface area contributed by atoms with Gasteiger partial charge in [0.2, 0.25) is 5.91 Å². The molecule has 0 bridgehead atoms. The molecule has 0 aliphatic carbocycles. The zero-order valence-corrected chi connectivity index (χ0v) is 10.9. The highest BCUT2D eigenvalue weighted by Gasteiger charge is 2.17. The summed E-state index contributed by atoms with van der Waals surface area (Å²) in [6.07, 6.45) is 0.491. The van der Waals surface area contributed by atoms with Gasteiger partial charge in [-0.1, -0.05) is 24.6 Å². The van der Waals surface area contributed by atoms with Crippen molar-refractivity contribution in [2.45, 2.75) is 27.2 Å². The Morgan fingerprint density at radius 1 is 1.53 bits per heavy atom. The van der Waals surface area contributed by atoms with Crippen molar-refractivity contribution >= 4 is 23.2 Å². The van der Waals surface area contributed by atoms with Crippen LogP contribution in [0.2, 0.25) is 5.02 Å². The van der Waals surface area contributed by atoms with Crippen molar-refractivity contribution in [3.05, 3.63) is 28.3 Å². The Kier molecular flexibility index (Phi) is 4.53. The third-order valence-corrected chi connectivity index (χ3v) is 2.86. The second-order valence-electron chi connectivity index (χ2n) is 4.02. The lowest BCUT2D eigenvalue weighted by Crippen LogP contribution is -2.21. The maximum absolute atomic E-state index is 11.8. The van der Waals surface area contributed by atoms with Crippen LogP contribution in [0.4, 0.5) is 5.69 Å². The average molecular weight is 251 g/mol. The van der Waals surface area contributed by atoms with E-state index in [9.17, 15) is 4.79 Å². The van der Waals surface area contributed by atoms with Crippen LogP contribution in [0, 0.1) is 31.1 Å². The predicted molar refractivity (Wildman–Crippen MR) is 68.9 cm³/mol. The third-order valence-electron chi connectivity index (χ3n) is 2.56. The number of halogens is 1. The highest BCUT2D eigenvalue weighted by Crippen LogP contribution is 2.27. The summed E-state index contributed by atoms with van der Waals surface area (Å²) in [6.45, 7) is 5.62. The van der Waals surface area contributed by atoms with E-state index in [0.29, 0.717) is 17.1 Å². The highest BCUT2D eigenvalue weighted by molar-refractivity contribution is 6.34. The molecule has 0 radical (unpaired) electrons. The quantitative estimate of drug-likeness (QED) is 0.893. The molecule has 1 unspecified atom stereocenters. The minimum absolute atomic E-state index is 0.302. The molecule has 4 heteroatoms. The van der Waals surface area contributed by atoms with Gasteiger partial charge in [-0.15, -0.1) is 0 Å². The molecule has 0 saturated carbocycles. The molecule has 1 aromatic carbocycles. The molecular weight excluding hydrogens is 236 g/mol. The maximum Gasteiger partial charge on any atom is 0.241 e. The predicted octanol–water partition coefficient (Wildman–Crippen LogP) is 3.45. The van der Waals surface area contributed by atoms with E-state index in [-0.39, 0.29) is 5.91 Å². The van der Waals surface area contributed by atoms with Crippen LogP contribution < -0.4 is 5.32 Å². The number of amides is 1. The standard InChI is InChI=1S/C13H15ClN2O/c1-4-10(7-15)13(17)16-12-9(3)5-8(2)6-11(12)14/h5-6,10H,4H2,1-3H3,(H,16,17). The number of nitrogens with one attached hydrogen (secondary N) is 1. The summed E-state index contributed by atoms with van der Waals surface area (Å²) < 4.78 is 0. The van der Waals surface area contributed by atoms with Crippen molar-refractivity contribution < 1.29 is 4.79 Å². The Labute approximate surface area is 106 Å². The summed E-state index contributed by atoms with van der Waals surface area (Å²) in [6, 6.07) is 5.70. The van der Waals surface area contributed by atoms with Crippen LogP contribution >= 0.6 is 11.6 Å². The topological polar surface area (TPSA) is 52.9 Å². The van der Waals surface area contributed by atoms with Crippen molar-refractivity contribution in [3.63, 3.8) is 0 Å². The van der Waals surface area contributed by atoms with Gasteiger partial charge in [0.05, 0.1) is 16.8 Å². The first kappa shape index (κ1) is 13.5. The van der Waals surface area contributed by atoms with Crippen molar-refractivity contribution in [3.8, 4) is 6.07 Å². The molecule has 17 heavy (non-hydrogen) atoms. The second-order valence-corrected chi connectivity index (χ2v) is 4.43. The first-order valence-corrected chi connectivity index (χ1v) is 5.84. The molecule has 0 aromatic heterocycles. The number of hydrogen-bond donors (Lipinski definition) is 1. The van der Waals surface area contributed by atoms with Crippen LogP contribution in [0.25, 0.3) is 0 Å². The Hall–Kier alpha value is -1.53. The van der Waals surface area contributed by atoms with E-state index in [0.717, 1.165) is 11.1 Å². The number of carbonyl (C=O) groups is 1. The van der Waals surface area contributed by atoms with Gasteiger partial charge in [-0.3, -0.25) is 4.79 Å². The Morgan fingerprint density at radius 2 is 2.18 bits per heavy atom. The molecule has 0 aliphatic heterocycles. The number of nitrogens with zero attached hydrogens (tertiary/aromatic N) is 1. The van der Waals surface area contributed by atoms with E-state index >= 15 is 0 Å². The second kappa shape index (κ2) is 5.70. The van der Waals surface area contributed by atoms with Gasteiger partial charge in [-0.05, 0) is 37.5 Å². The number of anilines is 1. The van der Waals surface area contributed by atoms with Gasteiger partial charge in [-0.25, -0.2) is 0 Å². The number of aryl methyl sites for hydroxylation is 2. The molecule has 0 saturated heterocycles. The number of carbonyl (C=O) groups excluding carboxylic acids is 1. The van der Waals surface area contributed by atoms with Crippen LogP contribution in [0.1, 0.15) is 24.5 Å². The fourth-order valence-corrected chi connectivity index (χ4v) is 1.99. The highest BCUT2D eigenvalue weighted by atomic mass is 35.5. The van der Waals surface area contributed by atoms with Gasteiger partial charge in [0.25, 0.3) is 0 Å². The molecule has 1 aromatic rings. The summed E-state index contributed by atoms with van der Waals surface area (Å²) >= 11 is 6.07. The lowest BCUT2D eigenvalue weighted by atomic mass is 10.1. The molecule has 3 nitrogen and oxygen atoms in total. The van der Waals surface area contributed by atoms with Gasteiger partial charge in [0, 0.05) is 0 Å². The zero-order valence-electron chi connectivity index (χ0n) is 10.2. The van der Waals surface area contributed by atoms with Gasteiger partial charge >= 0.3 is 0 Å². The largest absolute Gasteiger partial charge is 0.323 e. The van der Waals surface area contributed by atoms with Crippen LogP contribution in [-0.4, -0.2) is 5.91 Å². The first-order valence-electron chi connectivity index (χ1n) is 5.46. The Bertz CT molecular complexity index is 454. The normalized spacial score (nSPS) is 11.7. The van der Waals surface area contributed by atoms with E-state index in [1.165, 1.54) is 0 Å². The number of benzene rings is 1. The van der Waals surface area contributed by atoms with Gasteiger partial charge in [-0.2, -0.15) is 5.26 Å². The van der Waals surface area contributed by atoms with Crippen molar-refractivity contribution in [1.29, 1.82) is 5.26 Å². The van der Waals surface area contributed by atoms with E-state index in [1.54, 1.807) is 13.0 Å². The summed E-state index contributed by atoms with van der Waals surface area (Å²) in [7, 11) is 0. The molecule has 1 N–H and O–H groups in total. The number of hydrogen-bond acceptors (Lipinski definition) is 2. The SMILES string of the molecule is CCC(C#N)C(=O)Nc1c(C)cc(C)cc1Cl. The summed E-state index contributed by atoms with van der Waals surface area (Å²) in [5.74, 6) is -0.935. The summed E-state index contributed by atoms with van der Waals surface area (Å²) in [4.78, 5) is 11.8. The van der Waals surface area contributed by atoms with Crippen LogP contribution in [0.3, 0.4) is 0 Å². The molecule has 1 rings (SSSR count). The smallest absolute Gasteiger partial charge is 0.241 e. The molecule has 1 amide bonds. The summed E-state index contributed by atoms with van der Waals surface area (Å²) in [5.41, 5.74) is 2.53. The molecule has 1 atom stereocenters. The lowest BCUT2D eigenvalue weighted by Gasteiger charge is -2.13. The van der Waals surface area contributed by atoms with Crippen LogP contribution in [0.5, 0.6) is 0 Å². The molecule has 0 aliphatic rings. The fraction of sp³-hybridized carbons (Fsp3) is 0.385. The number of rotatable bonds is 3. The lowest BCUT2D eigenvalue weighted by molar-refractivity contribution is -0.118. The molecule has 0 spiro atoms. The fourth-order valence-electron chi connectivity index (χ4n) is 1.62.